The zero-order valence-corrected chi connectivity index (χ0v) is 11.2. The van der Waals surface area contributed by atoms with Crippen LogP contribution in [0.5, 0.6) is 0 Å². The van der Waals surface area contributed by atoms with Gasteiger partial charge in [-0.05, 0) is 12.0 Å². The number of carboxylic acids is 1. The number of benzene rings is 1. The van der Waals surface area contributed by atoms with Crippen LogP contribution < -0.4 is 5.73 Å². The van der Waals surface area contributed by atoms with Crippen molar-refractivity contribution in [3.63, 3.8) is 0 Å². The van der Waals surface area contributed by atoms with Crippen LogP contribution in [0.25, 0.3) is 0 Å². The Morgan fingerprint density at radius 2 is 1.95 bits per heavy atom. The van der Waals surface area contributed by atoms with E-state index in [1.807, 2.05) is 0 Å². The molecule has 6 nitrogen and oxygen atoms in total. The van der Waals surface area contributed by atoms with Gasteiger partial charge in [-0.15, -0.1) is 0 Å². The molecule has 0 aliphatic rings. The molecule has 1 unspecified atom stereocenters. The molecule has 0 heterocycles. The summed E-state index contributed by atoms with van der Waals surface area (Å²) in [6.07, 6.45) is -1.04. The molecule has 0 fully saturated rings. The van der Waals surface area contributed by atoms with Crippen LogP contribution >= 0.6 is 0 Å². The number of carbonyl (C=O) groups is 1. The Labute approximate surface area is 112 Å². The molecule has 0 radical (unpaired) electrons. The normalized spacial score (nSPS) is 17.4. The number of aliphatic hydroxyl groups excluding tert-OH is 1. The van der Waals surface area contributed by atoms with Gasteiger partial charge in [-0.1, -0.05) is 30.3 Å². The standard InChI is InChI=1S/C12H18N2O4S/c13-10(12(16)17)6-7-19(14,18)8-11(15)9-4-2-1-3-5-9/h1-5,10-11,14-15H,6-8,13H2,(H,16,17)/t10-,11-,19?/m0/s1. The fourth-order valence-electron chi connectivity index (χ4n) is 1.55. The summed E-state index contributed by atoms with van der Waals surface area (Å²) in [5.74, 6) is -1.54. The van der Waals surface area contributed by atoms with E-state index in [4.69, 9.17) is 15.6 Å². The largest absolute Gasteiger partial charge is 0.480 e. The van der Waals surface area contributed by atoms with Crippen LogP contribution in [-0.2, 0) is 14.5 Å². The van der Waals surface area contributed by atoms with Crippen molar-refractivity contribution in [2.24, 2.45) is 5.73 Å². The number of aliphatic carboxylic acids is 1. The summed E-state index contributed by atoms with van der Waals surface area (Å²) in [6.45, 7) is 0. The first kappa shape index (κ1) is 15.6. The van der Waals surface area contributed by atoms with Gasteiger partial charge in [0.1, 0.15) is 6.04 Å². The highest BCUT2D eigenvalue weighted by molar-refractivity contribution is 7.92. The molecule has 5 N–H and O–H groups in total. The van der Waals surface area contributed by atoms with Crippen molar-refractivity contribution < 1.29 is 19.2 Å². The molecule has 1 rings (SSSR count). The zero-order chi connectivity index (χ0) is 14.5. The average molecular weight is 286 g/mol. The van der Waals surface area contributed by atoms with E-state index in [1.54, 1.807) is 30.3 Å². The van der Waals surface area contributed by atoms with Crippen LogP contribution in [0, 0.1) is 4.78 Å². The molecule has 0 saturated heterocycles. The summed E-state index contributed by atoms with van der Waals surface area (Å²) in [5.41, 5.74) is 5.88. The Hall–Kier alpha value is -1.44. The molecule has 3 atom stereocenters. The Bertz CT molecular complexity index is 516. The molecule has 19 heavy (non-hydrogen) atoms. The zero-order valence-electron chi connectivity index (χ0n) is 10.4. The molecule has 0 saturated carbocycles. The fraction of sp³-hybridized carbons (Fsp3) is 0.417. The van der Waals surface area contributed by atoms with Crippen LogP contribution in [-0.4, -0.2) is 37.9 Å². The van der Waals surface area contributed by atoms with E-state index in [2.05, 4.69) is 0 Å². The third-order valence-corrected chi connectivity index (χ3v) is 4.44. The van der Waals surface area contributed by atoms with Crippen molar-refractivity contribution in [1.29, 1.82) is 4.78 Å². The fourth-order valence-corrected chi connectivity index (χ4v) is 3.05. The van der Waals surface area contributed by atoms with E-state index in [1.165, 1.54) is 0 Å². The van der Waals surface area contributed by atoms with Crippen molar-refractivity contribution in [3.05, 3.63) is 35.9 Å². The summed E-state index contributed by atoms with van der Waals surface area (Å²) < 4.78 is 19.6. The van der Waals surface area contributed by atoms with Gasteiger partial charge in [0, 0.05) is 15.5 Å². The second kappa shape index (κ2) is 6.65. The van der Waals surface area contributed by atoms with Gasteiger partial charge in [0.25, 0.3) is 0 Å². The highest BCUT2D eigenvalue weighted by atomic mass is 32.2. The molecule has 0 bridgehead atoms. The number of hydrogen-bond donors (Lipinski definition) is 4. The Balaban J connectivity index is 2.58. The molecule has 7 heteroatoms. The van der Waals surface area contributed by atoms with Crippen LogP contribution in [0.4, 0.5) is 0 Å². The van der Waals surface area contributed by atoms with Crippen LogP contribution in [0.2, 0.25) is 0 Å². The monoisotopic (exact) mass is 286 g/mol. The number of rotatable bonds is 7. The first-order chi connectivity index (χ1) is 8.82. The summed E-state index contributed by atoms with van der Waals surface area (Å²) in [7, 11) is -3.05. The minimum Gasteiger partial charge on any atom is -0.480 e. The van der Waals surface area contributed by atoms with Crippen molar-refractivity contribution >= 4 is 15.7 Å². The Kier molecular flexibility index (Phi) is 5.46. The number of carboxylic acid groups (broad SMARTS) is 1. The van der Waals surface area contributed by atoms with Gasteiger partial charge in [-0.2, -0.15) is 0 Å². The van der Waals surface area contributed by atoms with Gasteiger partial charge in [-0.3, -0.25) is 9.57 Å². The third-order valence-electron chi connectivity index (χ3n) is 2.69. The predicted octanol–water partition coefficient (Wildman–Crippen LogP) is 0.569. The number of nitrogens with one attached hydrogen (secondary N) is 1. The van der Waals surface area contributed by atoms with Gasteiger partial charge in [0.05, 0.1) is 11.9 Å². The maximum atomic E-state index is 12.0. The quantitative estimate of drug-likeness (QED) is 0.583. The molecule has 0 aliphatic heterocycles. The number of hydrogen-bond acceptors (Lipinski definition) is 5. The van der Waals surface area contributed by atoms with Gasteiger partial charge in [0.15, 0.2) is 0 Å². The van der Waals surface area contributed by atoms with Gasteiger partial charge in [-0.25, -0.2) is 4.21 Å². The van der Waals surface area contributed by atoms with Crippen LogP contribution in [0.1, 0.15) is 18.1 Å². The molecular weight excluding hydrogens is 268 g/mol. The minimum absolute atomic E-state index is 0.0425. The maximum absolute atomic E-state index is 12.0. The van der Waals surface area contributed by atoms with E-state index in [-0.39, 0.29) is 17.9 Å². The summed E-state index contributed by atoms with van der Waals surface area (Å²) in [6, 6.07) is 7.52. The first-order valence-electron chi connectivity index (χ1n) is 5.77. The van der Waals surface area contributed by atoms with E-state index in [0.717, 1.165) is 0 Å². The highest BCUT2D eigenvalue weighted by Crippen LogP contribution is 2.15. The summed E-state index contributed by atoms with van der Waals surface area (Å²) >= 11 is 0. The molecule has 0 aliphatic carbocycles. The van der Waals surface area contributed by atoms with Gasteiger partial charge >= 0.3 is 5.97 Å². The second-order valence-electron chi connectivity index (χ2n) is 4.34. The average Bonchev–Trinajstić information content (AvgIpc) is 2.36. The Morgan fingerprint density at radius 3 is 2.47 bits per heavy atom. The SMILES string of the molecule is N=S(=O)(CC[C@H](N)C(=O)O)C[C@H](O)c1ccccc1. The lowest BCUT2D eigenvalue weighted by molar-refractivity contribution is -0.138. The lowest BCUT2D eigenvalue weighted by atomic mass is 10.1. The third kappa shape index (κ3) is 5.37. The van der Waals surface area contributed by atoms with Crippen LogP contribution in [0.15, 0.2) is 30.3 Å². The van der Waals surface area contributed by atoms with E-state index < -0.39 is 27.8 Å². The van der Waals surface area contributed by atoms with Gasteiger partial charge < -0.3 is 15.9 Å². The Morgan fingerprint density at radius 1 is 1.37 bits per heavy atom. The van der Waals surface area contributed by atoms with E-state index in [9.17, 15) is 14.1 Å². The molecule has 1 aromatic rings. The van der Waals surface area contributed by atoms with Crippen molar-refractivity contribution in [3.8, 4) is 0 Å². The second-order valence-corrected chi connectivity index (χ2v) is 6.71. The predicted molar refractivity (Wildman–Crippen MR) is 72.2 cm³/mol. The van der Waals surface area contributed by atoms with Crippen molar-refractivity contribution in [2.75, 3.05) is 11.5 Å². The lowest BCUT2D eigenvalue weighted by Crippen LogP contribution is -2.32. The molecule has 0 amide bonds. The molecular formula is C12H18N2O4S. The smallest absolute Gasteiger partial charge is 0.320 e. The number of aliphatic hydroxyl groups is 1. The van der Waals surface area contributed by atoms with E-state index >= 15 is 0 Å². The molecule has 1 aromatic carbocycles. The highest BCUT2D eigenvalue weighted by Gasteiger charge is 2.19. The van der Waals surface area contributed by atoms with Crippen molar-refractivity contribution in [1.82, 2.24) is 0 Å². The molecule has 0 aromatic heterocycles. The molecule has 106 valence electrons. The summed E-state index contributed by atoms with van der Waals surface area (Å²) in [5, 5.41) is 18.5. The minimum atomic E-state index is -3.05. The van der Waals surface area contributed by atoms with Crippen LogP contribution in [0.3, 0.4) is 0 Å². The summed E-state index contributed by atoms with van der Waals surface area (Å²) in [4.78, 5) is 10.5. The molecule has 0 spiro atoms. The topological polar surface area (TPSA) is 124 Å². The van der Waals surface area contributed by atoms with Gasteiger partial charge in [0.2, 0.25) is 0 Å². The lowest BCUT2D eigenvalue weighted by Gasteiger charge is -2.14. The maximum Gasteiger partial charge on any atom is 0.320 e. The first-order valence-corrected chi connectivity index (χ1v) is 7.67. The van der Waals surface area contributed by atoms with E-state index in [0.29, 0.717) is 5.56 Å². The number of nitrogens with two attached hydrogens (primary N) is 1. The van der Waals surface area contributed by atoms with Crippen molar-refractivity contribution in [2.45, 2.75) is 18.6 Å².